The summed E-state index contributed by atoms with van der Waals surface area (Å²) in [5.74, 6) is 0. The van der Waals surface area contributed by atoms with Crippen LogP contribution >= 0.6 is 0 Å². The van der Waals surface area contributed by atoms with Gasteiger partial charge in [-0.1, -0.05) is 6.07 Å². The number of pyridine rings is 1. The minimum Gasteiger partial charge on any atom is -0.398 e. The molecule has 0 radical (unpaired) electrons. The molecule has 1 fully saturated rings. The summed E-state index contributed by atoms with van der Waals surface area (Å²) in [6.45, 7) is 8.23. The minimum atomic E-state index is -0.354. The monoisotopic (exact) mass is 244 g/mol. The molecule has 0 saturated carbocycles. The summed E-state index contributed by atoms with van der Waals surface area (Å²) in [5.41, 5.74) is 1.38. The number of fused-ring (bicyclic) bond motifs is 1. The van der Waals surface area contributed by atoms with E-state index in [2.05, 4.69) is 32.7 Å². The molecule has 0 unspecified atom stereocenters. The smallest absolute Gasteiger partial charge is 0.398 e. The van der Waals surface area contributed by atoms with Crippen molar-refractivity contribution in [2.24, 2.45) is 0 Å². The van der Waals surface area contributed by atoms with Crippen molar-refractivity contribution in [3.8, 4) is 0 Å². The van der Waals surface area contributed by atoms with Crippen LogP contribution in [0.3, 0.4) is 0 Å². The molecule has 0 aromatic carbocycles. The third-order valence-corrected chi connectivity index (χ3v) is 3.97. The molecule has 0 aliphatic carbocycles. The average molecular weight is 244 g/mol. The van der Waals surface area contributed by atoms with Crippen LogP contribution in [0.1, 0.15) is 27.7 Å². The standard InChI is InChI=1S/C13H17BN2O2/c1-12(2)13(3,4)18-14(17-12)11-7-5-6-10-8-15-9-16(10)11/h5-9H,1-4H3. The summed E-state index contributed by atoms with van der Waals surface area (Å²) in [6, 6.07) is 6.02. The van der Waals surface area contributed by atoms with Crippen molar-refractivity contribution < 1.29 is 9.31 Å². The molecule has 1 saturated heterocycles. The highest BCUT2D eigenvalue weighted by Gasteiger charge is 2.52. The van der Waals surface area contributed by atoms with Gasteiger partial charge in [-0.05, 0) is 39.8 Å². The number of aromatic nitrogens is 2. The van der Waals surface area contributed by atoms with E-state index in [0.717, 1.165) is 11.1 Å². The molecule has 0 N–H and O–H groups in total. The number of hydrogen-bond donors (Lipinski definition) is 0. The van der Waals surface area contributed by atoms with E-state index in [1.54, 1.807) is 6.33 Å². The van der Waals surface area contributed by atoms with E-state index in [-0.39, 0.29) is 18.3 Å². The highest BCUT2D eigenvalue weighted by Crippen LogP contribution is 2.36. The van der Waals surface area contributed by atoms with Crippen LogP contribution in [0, 0.1) is 0 Å². The van der Waals surface area contributed by atoms with Gasteiger partial charge in [0.2, 0.25) is 0 Å². The highest BCUT2D eigenvalue weighted by atomic mass is 16.7. The van der Waals surface area contributed by atoms with E-state index >= 15 is 0 Å². The van der Waals surface area contributed by atoms with E-state index in [0.29, 0.717) is 0 Å². The van der Waals surface area contributed by atoms with E-state index in [9.17, 15) is 0 Å². The maximum absolute atomic E-state index is 6.06. The van der Waals surface area contributed by atoms with Crippen molar-refractivity contribution in [1.82, 2.24) is 9.38 Å². The molecular formula is C13H17BN2O2. The van der Waals surface area contributed by atoms with Gasteiger partial charge < -0.3 is 13.7 Å². The molecule has 0 spiro atoms. The first-order valence-corrected chi connectivity index (χ1v) is 6.17. The summed E-state index contributed by atoms with van der Waals surface area (Å²) in [5, 5.41) is 0. The van der Waals surface area contributed by atoms with Crippen LogP contribution in [0.15, 0.2) is 30.7 Å². The van der Waals surface area contributed by atoms with Gasteiger partial charge in [-0.25, -0.2) is 4.98 Å². The third kappa shape index (κ3) is 1.58. The normalized spacial score (nSPS) is 21.7. The topological polar surface area (TPSA) is 35.8 Å². The van der Waals surface area contributed by atoms with E-state index in [1.165, 1.54) is 0 Å². The van der Waals surface area contributed by atoms with Gasteiger partial charge in [-0.2, -0.15) is 0 Å². The van der Waals surface area contributed by atoms with E-state index in [4.69, 9.17) is 9.31 Å². The summed E-state index contributed by atoms with van der Waals surface area (Å²) in [7, 11) is -0.354. The van der Waals surface area contributed by atoms with Gasteiger partial charge in [-0.15, -0.1) is 0 Å². The minimum absolute atomic E-state index is 0.319. The number of nitrogens with zero attached hydrogens (tertiary/aromatic N) is 2. The molecule has 0 amide bonds. The first-order valence-electron chi connectivity index (χ1n) is 6.17. The zero-order chi connectivity index (χ0) is 13.0. The molecular weight excluding hydrogens is 227 g/mol. The lowest BCUT2D eigenvalue weighted by molar-refractivity contribution is 0.00578. The maximum Gasteiger partial charge on any atom is 0.512 e. The fourth-order valence-electron chi connectivity index (χ4n) is 2.13. The van der Waals surface area contributed by atoms with Crippen LogP contribution in [0.25, 0.3) is 5.52 Å². The predicted octanol–water partition coefficient (Wildman–Crippen LogP) is 1.63. The first-order chi connectivity index (χ1) is 8.41. The van der Waals surface area contributed by atoms with Crippen molar-refractivity contribution in [3.63, 3.8) is 0 Å². The Morgan fingerprint density at radius 3 is 2.44 bits per heavy atom. The predicted molar refractivity (Wildman–Crippen MR) is 70.9 cm³/mol. The molecule has 94 valence electrons. The molecule has 3 heterocycles. The molecule has 5 heteroatoms. The van der Waals surface area contributed by atoms with Crippen LogP contribution in [0.4, 0.5) is 0 Å². The van der Waals surface area contributed by atoms with Gasteiger partial charge in [0, 0.05) is 0 Å². The molecule has 1 aliphatic heterocycles. The Morgan fingerprint density at radius 2 is 1.78 bits per heavy atom. The van der Waals surface area contributed by atoms with Crippen molar-refractivity contribution >= 4 is 18.2 Å². The van der Waals surface area contributed by atoms with Gasteiger partial charge in [0.15, 0.2) is 0 Å². The number of hydrogen-bond acceptors (Lipinski definition) is 3. The van der Waals surface area contributed by atoms with Crippen molar-refractivity contribution in [3.05, 3.63) is 30.7 Å². The van der Waals surface area contributed by atoms with E-state index < -0.39 is 0 Å². The summed E-state index contributed by atoms with van der Waals surface area (Å²) >= 11 is 0. The van der Waals surface area contributed by atoms with Crippen LogP contribution in [0.5, 0.6) is 0 Å². The lowest BCUT2D eigenvalue weighted by Crippen LogP contribution is -2.41. The molecule has 0 atom stereocenters. The second-order valence-corrected chi connectivity index (χ2v) is 5.73. The Balaban J connectivity index is 2.05. The van der Waals surface area contributed by atoms with Gasteiger partial charge in [0.25, 0.3) is 0 Å². The SMILES string of the molecule is CC1(C)OB(c2cccc3cncn23)OC1(C)C. The van der Waals surface area contributed by atoms with Gasteiger partial charge in [-0.3, -0.25) is 0 Å². The molecule has 1 aliphatic rings. The van der Waals surface area contributed by atoms with Crippen LogP contribution in [-0.2, 0) is 9.31 Å². The van der Waals surface area contributed by atoms with Crippen LogP contribution in [0.2, 0.25) is 0 Å². The quantitative estimate of drug-likeness (QED) is 0.715. The van der Waals surface area contributed by atoms with Crippen molar-refractivity contribution in [1.29, 1.82) is 0 Å². The number of imidazole rings is 1. The largest absolute Gasteiger partial charge is 0.512 e. The second-order valence-electron chi connectivity index (χ2n) is 5.73. The highest BCUT2D eigenvalue weighted by molar-refractivity contribution is 6.61. The van der Waals surface area contributed by atoms with Crippen molar-refractivity contribution in [2.45, 2.75) is 38.9 Å². The molecule has 18 heavy (non-hydrogen) atoms. The molecule has 2 aromatic heterocycles. The second kappa shape index (κ2) is 3.59. The van der Waals surface area contributed by atoms with Gasteiger partial charge in [0.1, 0.15) is 0 Å². The maximum atomic E-state index is 6.06. The molecule has 2 aromatic rings. The Bertz CT molecular complexity index is 575. The Kier molecular flexibility index (Phi) is 2.34. The Morgan fingerprint density at radius 1 is 1.11 bits per heavy atom. The zero-order valence-corrected chi connectivity index (χ0v) is 11.2. The van der Waals surface area contributed by atoms with Gasteiger partial charge >= 0.3 is 7.12 Å². The van der Waals surface area contributed by atoms with Crippen molar-refractivity contribution in [2.75, 3.05) is 0 Å². The third-order valence-electron chi connectivity index (χ3n) is 3.97. The first kappa shape index (κ1) is 11.7. The molecule has 0 bridgehead atoms. The lowest BCUT2D eigenvalue weighted by atomic mass is 9.84. The Hall–Kier alpha value is -1.33. The molecule has 4 nitrogen and oxygen atoms in total. The Labute approximate surface area is 107 Å². The summed E-state index contributed by atoms with van der Waals surface area (Å²) in [6.07, 6.45) is 3.62. The van der Waals surface area contributed by atoms with Crippen LogP contribution < -0.4 is 5.59 Å². The zero-order valence-electron chi connectivity index (χ0n) is 11.2. The fraction of sp³-hybridized carbons (Fsp3) is 0.462. The van der Waals surface area contributed by atoms with E-state index in [1.807, 2.05) is 28.8 Å². The summed E-state index contributed by atoms with van der Waals surface area (Å²) in [4.78, 5) is 4.16. The summed E-state index contributed by atoms with van der Waals surface area (Å²) < 4.78 is 14.1. The average Bonchev–Trinajstić information content (AvgIpc) is 2.81. The fourth-order valence-corrected chi connectivity index (χ4v) is 2.13. The van der Waals surface area contributed by atoms with Crippen LogP contribution in [-0.4, -0.2) is 27.7 Å². The van der Waals surface area contributed by atoms with Gasteiger partial charge in [0.05, 0.1) is 34.8 Å². The number of rotatable bonds is 1. The molecule has 3 rings (SSSR count). The lowest BCUT2D eigenvalue weighted by Gasteiger charge is -2.32.